The van der Waals surface area contributed by atoms with E-state index in [1.54, 1.807) is 0 Å². The quantitative estimate of drug-likeness (QED) is 0.784. The van der Waals surface area contributed by atoms with Crippen molar-refractivity contribution in [2.75, 3.05) is 6.54 Å². The molecule has 0 saturated heterocycles. The van der Waals surface area contributed by atoms with Gasteiger partial charge in [0.1, 0.15) is 6.54 Å². The van der Waals surface area contributed by atoms with Crippen LogP contribution in [0.1, 0.15) is 39.0 Å². The van der Waals surface area contributed by atoms with Gasteiger partial charge in [-0.15, -0.1) is 10.2 Å². The van der Waals surface area contributed by atoms with E-state index < -0.39 is 0 Å². The number of benzene rings is 1. The summed E-state index contributed by atoms with van der Waals surface area (Å²) in [7, 11) is 0. The first-order chi connectivity index (χ1) is 11.7. The summed E-state index contributed by atoms with van der Waals surface area (Å²) in [5, 5.41) is 12.4. The maximum absolute atomic E-state index is 12.6. The van der Waals surface area contributed by atoms with Gasteiger partial charge in [-0.3, -0.25) is 4.79 Å². The molecule has 1 aromatic carbocycles. The lowest BCUT2D eigenvalue weighted by atomic mass is 9.94. The molecule has 1 saturated carbocycles. The van der Waals surface area contributed by atoms with Gasteiger partial charge in [0.25, 0.3) is 0 Å². The first kappa shape index (κ1) is 17.1. The van der Waals surface area contributed by atoms with Crippen molar-refractivity contribution in [3.8, 4) is 11.4 Å². The van der Waals surface area contributed by atoms with E-state index in [4.69, 9.17) is 0 Å². The highest BCUT2D eigenvalue weighted by Gasteiger charge is 2.24. The van der Waals surface area contributed by atoms with Crippen LogP contribution in [-0.4, -0.2) is 43.6 Å². The molecule has 0 radical (unpaired) electrons. The molecule has 0 atom stereocenters. The normalized spacial score (nSPS) is 15.4. The van der Waals surface area contributed by atoms with Crippen LogP contribution < -0.4 is 0 Å². The second kappa shape index (κ2) is 7.88. The summed E-state index contributed by atoms with van der Waals surface area (Å²) in [5.74, 6) is 0.611. The van der Waals surface area contributed by atoms with E-state index in [1.165, 1.54) is 24.1 Å². The monoisotopic (exact) mass is 391 g/mol. The molecule has 0 spiro atoms. The second-order valence-electron chi connectivity index (χ2n) is 6.12. The number of aromatic nitrogens is 4. The predicted molar refractivity (Wildman–Crippen MR) is 95.2 cm³/mol. The Balaban J connectivity index is 1.66. The number of nitrogens with zero attached hydrogens (tertiary/aromatic N) is 5. The van der Waals surface area contributed by atoms with Crippen LogP contribution in [0.5, 0.6) is 0 Å². The fourth-order valence-corrected chi connectivity index (χ4v) is 3.53. The SMILES string of the molecule is CCN(C(=O)Cn1nnc(-c2ccc(Br)cc2)n1)C1CCCCC1. The number of tetrazole rings is 1. The molecule has 6 nitrogen and oxygen atoms in total. The Morgan fingerprint density at radius 2 is 1.96 bits per heavy atom. The Morgan fingerprint density at radius 1 is 1.25 bits per heavy atom. The zero-order chi connectivity index (χ0) is 16.9. The van der Waals surface area contributed by atoms with E-state index in [2.05, 4.69) is 31.3 Å². The van der Waals surface area contributed by atoms with Crippen LogP contribution in [0.2, 0.25) is 0 Å². The maximum atomic E-state index is 12.6. The van der Waals surface area contributed by atoms with Gasteiger partial charge in [0, 0.05) is 22.6 Å². The van der Waals surface area contributed by atoms with Crippen LogP contribution >= 0.6 is 15.9 Å². The largest absolute Gasteiger partial charge is 0.338 e. The van der Waals surface area contributed by atoms with E-state index in [0.717, 1.165) is 29.4 Å². The number of halogens is 1. The minimum absolute atomic E-state index is 0.0733. The van der Waals surface area contributed by atoms with Gasteiger partial charge >= 0.3 is 0 Å². The Hall–Kier alpha value is -1.76. The summed E-state index contributed by atoms with van der Waals surface area (Å²) in [4.78, 5) is 16.0. The van der Waals surface area contributed by atoms with Gasteiger partial charge in [0.15, 0.2) is 0 Å². The van der Waals surface area contributed by atoms with Crippen molar-refractivity contribution >= 4 is 21.8 Å². The van der Waals surface area contributed by atoms with Crippen LogP contribution in [0.4, 0.5) is 0 Å². The molecule has 1 amide bonds. The number of rotatable bonds is 5. The molecule has 0 N–H and O–H groups in total. The zero-order valence-electron chi connectivity index (χ0n) is 13.9. The van der Waals surface area contributed by atoms with Crippen LogP contribution in [0.3, 0.4) is 0 Å². The number of likely N-dealkylation sites (N-methyl/N-ethyl adjacent to an activating group) is 1. The van der Waals surface area contributed by atoms with Crippen molar-refractivity contribution in [1.82, 2.24) is 25.1 Å². The lowest BCUT2D eigenvalue weighted by molar-refractivity contribution is -0.135. The van der Waals surface area contributed by atoms with Gasteiger partial charge in [0.2, 0.25) is 11.7 Å². The van der Waals surface area contributed by atoms with Crippen molar-refractivity contribution in [3.63, 3.8) is 0 Å². The Kier molecular flexibility index (Phi) is 5.60. The molecule has 0 unspecified atom stereocenters. The minimum atomic E-state index is 0.0733. The first-order valence-electron chi connectivity index (χ1n) is 8.50. The lowest BCUT2D eigenvalue weighted by Gasteiger charge is -2.33. The Morgan fingerprint density at radius 3 is 2.62 bits per heavy atom. The summed E-state index contributed by atoms with van der Waals surface area (Å²) in [5.41, 5.74) is 0.886. The molecule has 1 aliphatic rings. The Bertz CT molecular complexity index is 679. The molecule has 1 aliphatic carbocycles. The third-order valence-electron chi connectivity index (χ3n) is 4.51. The summed E-state index contributed by atoms with van der Waals surface area (Å²) >= 11 is 3.41. The van der Waals surface area contributed by atoms with E-state index in [-0.39, 0.29) is 12.5 Å². The number of carbonyl (C=O) groups is 1. The van der Waals surface area contributed by atoms with Crippen LogP contribution in [0, 0.1) is 0 Å². The second-order valence-corrected chi connectivity index (χ2v) is 7.04. The summed E-state index contributed by atoms with van der Waals surface area (Å²) in [6, 6.07) is 8.08. The standard InChI is InChI=1S/C17H22BrN5O/c1-2-22(15-6-4-3-5-7-15)16(24)12-23-20-17(19-21-23)13-8-10-14(18)11-9-13/h8-11,15H,2-7,12H2,1H3. The van der Waals surface area contributed by atoms with E-state index in [9.17, 15) is 4.79 Å². The highest BCUT2D eigenvalue weighted by atomic mass is 79.9. The molecule has 128 valence electrons. The highest BCUT2D eigenvalue weighted by Crippen LogP contribution is 2.23. The first-order valence-corrected chi connectivity index (χ1v) is 9.30. The molecular weight excluding hydrogens is 370 g/mol. The van der Waals surface area contributed by atoms with E-state index >= 15 is 0 Å². The van der Waals surface area contributed by atoms with Crippen molar-refractivity contribution in [3.05, 3.63) is 28.7 Å². The molecule has 7 heteroatoms. The average molecular weight is 392 g/mol. The fraction of sp³-hybridized carbons (Fsp3) is 0.529. The van der Waals surface area contributed by atoms with Gasteiger partial charge in [-0.2, -0.15) is 4.80 Å². The zero-order valence-corrected chi connectivity index (χ0v) is 15.4. The predicted octanol–water partition coefficient (Wildman–Crippen LogP) is 3.28. The molecule has 1 fully saturated rings. The van der Waals surface area contributed by atoms with Crippen molar-refractivity contribution < 1.29 is 4.79 Å². The molecule has 0 bridgehead atoms. The van der Waals surface area contributed by atoms with E-state index in [0.29, 0.717) is 11.9 Å². The number of hydrogen-bond acceptors (Lipinski definition) is 4. The third-order valence-corrected chi connectivity index (χ3v) is 5.04. The van der Waals surface area contributed by atoms with Crippen molar-refractivity contribution in [2.45, 2.75) is 51.6 Å². The smallest absolute Gasteiger partial charge is 0.246 e. The minimum Gasteiger partial charge on any atom is -0.338 e. The average Bonchev–Trinajstić information content (AvgIpc) is 3.05. The van der Waals surface area contributed by atoms with Crippen LogP contribution in [0.15, 0.2) is 28.7 Å². The molecule has 0 aliphatic heterocycles. The van der Waals surface area contributed by atoms with Crippen LogP contribution in [-0.2, 0) is 11.3 Å². The summed E-state index contributed by atoms with van der Waals surface area (Å²) in [6.45, 7) is 2.92. The molecular formula is C17H22BrN5O. The fourth-order valence-electron chi connectivity index (χ4n) is 3.27. The Labute approximate surface area is 150 Å². The van der Waals surface area contributed by atoms with Gasteiger partial charge < -0.3 is 4.90 Å². The molecule has 1 aromatic heterocycles. The molecule has 1 heterocycles. The van der Waals surface area contributed by atoms with Crippen molar-refractivity contribution in [2.24, 2.45) is 0 Å². The van der Waals surface area contributed by atoms with Gasteiger partial charge in [-0.05, 0) is 49.2 Å². The lowest BCUT2D eigenvalue weighted by Crippen LogP contribution is -2.43. The third kappa shape index (κ3) is 4.01. The van der Waals surface area contributed by atoms with Gasteiger partial charge in [0.05, 0.1) is 0 Å². The summed E-state index contributed by atoms with van der Waals surface area (Å²) < 4.78 is 1.000. The topological polar surface area (TPSA) is 63.9 Å². The highest BCUT2D eigenvalue weighted by molar-refractivity contribution is 9.10. The van der Waals surface area contributed by atoms with Crippen LogP contribution in [0.25, 0.3) is 11.4 Å². The van der Waals surface area contributed by atoms with E-state index in [1.807, 2.05) is 36.1 Å². The molecule has 2 aromatic rings. The number of carbonyl (C=O) groups excluding carboxylic acids is 1. The molecule has 24 heavy (non-hydrogen) atoms. The van der Waals surface area contributed by atoms with Gasteiger partial charge in [-0.1, -0.05) is 35.2 Å². The maximum Gasteiger partial charge on any atom is 0.246 e. The molecule has 3 rings (SSSR count). The number of amides is 1. The van der Waals surface area contributed by atoms with Crippen molar-refractivity contribution in [1.29, 1.82) is 0 Å². The van der Waals surface area contributed by atoms with Gasteiger partial charge in [-0.25, -0.2) is 0 Å². The summed E-state index contributed by atoms with van der Waals surface area (Å²) in [6.07, 6.45) is 5.92. The number of hydrogen-bond donors (Lipinski definition) is 0.